The number of likely N-dealkylation sites (tertiary alicyclic amines) is 1. The summed E-state index contributed by atoms with van der Waals surface area (Å²) in [5.41, 5.74) is 18.4. The number of anilines is 3. The van der Waals surface area contributed by atoms with Gasteiger partial charge in [-0.25, -0.2) is 19.6 Å². The fourth-order valence-electron chi connectivity index (χ4n) is 9.17. The van der Waals surface area contributed by atoms with E-state index in [9.17, 15) is 5.26 Å². The van der Waals surface area contributed by atoms with Gasteiger partial charge < -0.3 is 25.8 Å². The molecule has 1 saturated heterocycles. The lowest BCUT2D eigenvalue weighted by molar-refractivity contribution is 0.232. The average molecular weight is 692 g/mol. The van der Waals surface area contributed by atoms with Gasteiger partial charge in [0.15, 0.2) is 22.9 Å². The van der Waals surface area contributed by atoms with Crippen molar-refractivity contribution >= 4 is 39.0 Å². The molecule has 0 saturated carbocycles. The molecule has 1 spiro atoms. The van der Waals surface area contributed by atoms with Gasteiger partial charge in [-0.3, -0.25) is 0 Å². The Morgan fingerprint density at radius 2 is 1.94 bits per heavy atom. The van der Waals surface area contributed by atoms with Crippen LogP contribution in [0.4, 0.5) is 16.6 Å². The summed E-state index contributed by atoms with van der Waals surface area (Å²) in [7, 11) is 2.19. The quantitative estimate of drug-likeness (QED) is 0.192. The third-order valence-corrected chi connectivity index (χ3v) is 12.7. The Kier molecular flexibility index (Phi) is 8.06. The number of aromatic nitrogens is 6. The van der Waals surface area contributed by atoms with E-state index in [2.05, 4.69) is 59.4 Å². The number of hydrogen-bond donors (Lipinski definition) is 2. The van der Waals surface area contributed by atoms with Crippen molar-refractivity contribution in [2.75, 3.05) is 36.5 Å². The maximum Gasteiger partial charge on any atom is 0.186 e. The summed E-state index contributed by atoms with van der Waals surface area (Å²) in [5.74, 6) is 2.65. The number of aryl methyl sites for hydroxylation is 2. The lowest BCUT2D eigenvalue weighted by atomic mass is 9.63. The molecule has 8 rings (SSSR count). The van der Waals surface area contributed by atoms with Crippen LogP contribution in [0.15, 0.2) is 22.9 Å². The number of fused-ring (bicyclic) bond motifs is 5. The Hall–Kier alpha value is -4.54. The minimum atomic E-state index is -0.429. The zero-order valence-electron chi connectivity index (χ0n) is 29.5. The number of pyridine rings is 1. The molecule has 0 amide bonds. The molecule has 1 aliphatic heterocycles. The van der Waals surface area contributed by atoms with Crippen LogP contribution in [0, 0.1) is 18.3 Å². The van der Waals surface area contributed by atoms with Gasteiger partial charge in [0.1, 0.15) is 22.7 Å². The van der Waals surface area contributed by atoms with E-state index in [1.54, 1.807) is 11.3 Å². The summed E-state index contributed by atoms with van der Waals surface area (Å²) in [6.45, 7) is 10.2. The molecule has 260 valence electrons. The highest BCUT2D eigenvalue weighted by Gasteiger charge is 2.49. The van der Waals surface area contributed by atoms with E-state index in [0.717, 1.165) is 96.5 Å². The number of nitrogens with two attached hydrogens (primary N) is 2. The Bertz CT molecular complexity index is 2140. The zero-order valence-corrected chi connectivity index (χ0v) is 30.3. The first-order valence-electron chi connectivity index (χ1n) is 17.9. The number of nitriles is 1. The predicted octanol–water partition coefficient (Wildman–Crippen LogP) is 6.48. The van der Waals surface area contributed by atoms with Gasteiger partial charge in [-0.15, -0.1) is 11.3 Å². The van der Waals surface area contributed by atoms with Crippen molar-refractivity contribution in [3.63, 3.8) is 0 Å². The van der Waals surface area contributed by atoms with Crippen LogP contribution in [-0.4, -0.2) is 61.0 Å². The maximum absolute atomic E-state index is 10.2. The lowest BCUT2D eigenvalue weighted by Gasteiger charge is -2.39. The monoisotopic (exact) mass is 691 g/mol. The van der Waals surface area contributed by atoms with E-state index in [0.29, 0.717) is 40.5 Å². The minimum absolute atomic E-state index is 0.101. The van der Waals surface area contributed by atoms with Gasteiger partial charge in [-0.1, -0.05) is 11.2 Å². The summed E-state index contributed by atoms with van der Waals surface area (Å²) < 4.78 is 8.47. The Morgan fingerprint density at radius 1 is 1.14 bits per heavy atom. The highest BCUT2D eigenvalue weighted by atomic mass is 32.1. The molecule has 4 N–H and O–H groups in total. The molecule has 6 heterocycles. The van der Waals surface area contributed by atoms with Crippen LogP contribution in [-0.2, 0) is 18.3 Å². The molecule has 0 bridgehead atoms. The Labute approximate surface area is 296 Å². The third kappa shape index (κ3) is 4.90. The van der Waals surface area contributed by atoms with Crippen molar-refractivity contribution in [2.45, 2.75) is 103 Å². The molecular formula is C37H45N11OS. The van der Waals surface area contributed by atoms with E-state index in [4.69, 9.17) is 36.2 Å². The average Bonchev–Trinajstić information content (AvgIpc) is 3.90. The molecule has 5 aromatic heterocycles. The highest BCUT2D eigenvalue weighted by molar-refractivity contribution is 7.16. The van der Waals surface area contributed by atoms with E-state index in [1.165, 1.54) is 11.3 Å². The van der Waals surface area contributed by atoms with E-state index < -0.39 is 5.41 Å². The predicted molar refractivity (Wildman–Crippen MR) is 196 cm³/mol. The van der Waals surface area contributed by atoms with Gasteiger partial charge in [0.25, 0.3) is 0 Å². The van der Waals surface area contributed by atoms with Gasteiger partial charge in [-0.2, -0.15) is 10.4 Å². The first kappa shape index (κ1) is 32.7. The second kappa shape index (κ2) is 12.3. The van der Waals surface area contributed by atoms with Crippen molar-refractivity contribution in [2.24, 2.45) is 0 Å². The second-order valence-corrected chi connectivity index (χ2v) is 15.5. The summed E-state index contributed by atoms with van der Waals surface area (Å²) in [6.07, 6.45) is 9.65. The van der Waals surface area contributed by atoms with Crippen LogP contribution in [0.25, 0.3) is 22.6 Å². The number of likely N-dealkylation sites (N-methyl/N-ethyl adjacent to an activating group) is 1. The summed E-state index contributed by atoms with van der Waals surface area (Å²) in [5, 5.41) is 21.4. The molecule has 12 nitrogen and oxygen atoms in total. The lowest BCUT2D eigenvalue weighted by Crippen LogP contribution is -2.35. The van der Waals surface area contributed by atoms with Gasteiger partial charge >= 0.3 is 0 Å². The molecule has 4 atom stereocenters. The van der Waals surface area contributed by atoms with Crippen molar-refractivity contribution in [1.82, 2.24) is 34.8 Å². The van der Waals surface area contributed by atoms with Crippen LogP contribution in [0.1, 0.15) is 110 Å². The maximum atomic E-state index is 10.2. The molecule has 5 aromatic rings. The standard InChI is InChI=1S/C37H45N11OS/c1-6-47(21(3)23-14-13-20(2)42-32(23)39)35-26-19-41-48(22(4)27-11-9-17-46(27)5)36(26)44-34(43-35)30-24-10-7-15-37(31(24)49-45-30)16-8-12-28-29(37)25(18-38)33(40)50-28/h13-14,19,21-22,27H,6-12,15-17,40H2,1-5H3,(H2,39,42). The Morgan fingerprint density at radius 3 is 2.66 bits per heavy atom. The van der Waals surface area contributed by atoms with Crippen LogP contribution < -0.4 is 16.4 Å². The third-order valence-electron chi connectivity index (χ3n) is 11.7. The van der Waals surface area contributed by atoms with Crippen LogP contribution in [0.2, 0.25) is 0 Å². The zero-order chi connectivity index (χ0) is 34.9. The van der Waals surface area contributed by atoms with Crippen LogP contribution in [0.3, 0.4) is 0 Å². The van der Waals surface area contributed by atoms with Crippen molar-refractivity contribution < 1.29 is 4.52 Å². The van der Waals surface area contributed by atoms with Crippen molar-refractivity contribution in [1.29, 1.82) is 5.26 Å². The van der Waals surface area contributed by atoms with Crippen molar-refractivity contribution in [3.05, 3.63) is 56.9 Å². The minimum Gasteiger partial charge on any atom is -0.389 e. The molecule has 13 heteroatoms. The normalized spacial score (nSPS) is 21.6. The summed E-state index contributed by atoms with van der Waals surface area (Å²) >= 11 is 1.55. The van der Waals surface area contributed by atoms with E-state index >= 15 is 0 Å². The van der Waals surface area contributed by atoms with Crippen LogP contribution in [0.5, 0.6) is 0 Å². The Balaban J connectivity index is 1.31. The van der Waals surface area contributed by atoms with Gasteiger partial charge in [-0.05, 0) is 104 Å². The van der Waals surface area contributed by atoms with Crippen LogP contribution >= 0.6 is 11.3 Å². The molecule has 50 heavy (non-hydrogen) atoms. The summed E-state index contributed by atoms with van der Waals surface area (Å²) in [4.78, 5) is 21.0. The fourth-order valence-corrected chi connectivity index (χ4v) is 10.3. The highest BCUT2D eigenvalue weighted by Crippen LogP contribution is 2.55. The molecule has 0 aromatic carbocycles. The second-order valence-electron chi connectivity index (χ2n) is 14.4. The van der Waals surface area contributed by atoms with Crippen molar-refractivity contribution in [3.8, 4) is 17.6 Å². The van der Waals surface area contributed by atoms with Gasteiger partial charge in [0.2, 0.25) is 0 Å². The van der Waals surface area contributed by atoms with E-state index in [-0.39, 0.29) is 12.1 Å². The van der Waals surface area contributed by atoms with Gasteiger partial charge in [0.05, 0.1) is 34.6 Å². The fraction of sp³-hybridized carbons (Fsp3) is 0.514. The molecule has 3 aliphatic rings. The van der Waals surface area contributed by atoms with Gasteiger partial charge in [0, 0.05) is 34.3 Å². The first-order chi connectivity index (χ1) is 24.2. The molecule has 1 fully saturated rings. The number of thiophene rings is 1. The smallest absolute Gasteiger partial charge is 0.186 e. The SMILES string of the molecule is CCN(c1nc(-c2noc3c2CCCC32CCCc3sc(N)c(C#N)c32)nc2c1cnn2C(C)C1CCCN1C)C(C)c1ccc(C)nc1N. The van der Waals surface area contributed by atoms with E-state index in [1.807, 2.05) is 19.2 Å². The topological polar surface area (TPSA) is 165 Å². The first-order valence-corrected chi connectivity index (χ1v) is 18.7. The number of nitrogen functional groups attached to an aromatic ring is 2. The number of rotatable bonds is 7. The number of nitrogens with zero attached hydrogens (tertiary/aromatic N) is 9. The largest absolute Gasteiger partial charge is 0.389 e. The molecule has 0 radical (unpaired) electrons. The molecular weight excluding hydrogens is 647 g/mol. The molecule has 2 aliphatic carbocycles. The summed E-state index contributed by atoms with van der Waals surface area (Å²) in [6, 6.07) is 6.82. The number of hydrogen-bond acceptors (Lipinski definition) is 12. The molecule has 4 unspecified atom stereocenters.